The van der Waals surface area contributed by atoms with E-state index in [0.29, 0.717) is 24.8 Å². The normalized spacial score (nSPS) is 37.3. The van der Waals surface area contributed by atoms with E-state index in [4.69, 9.17) is 0 Å². The first-order chi connectivity index (χ1) is 9.53. The molecule has 2 N–H and O–H groups in total. The Morgan fingerprint density at radius 3 is 2.45 bits per heavy atom. The van der Waals surface area contributed by atoms with Crippen LogP contribution in [0.5, 0.6) is 0 Å². The lowest BCUT2D eigenvalue weighted by atomic mass is 9.85. The van der Waals surface area contributed by atoms with Gasteiger partial charge in [0.25, 0.3) is 0 Å². The van der Waals surface area contributed by atoms with Gasteiger partial charge in [0.1, 0.15) is 9.84 Å². The molecular weight excluding hydrogens is 276 g/mol. The molecule has 0 bridgehead atoms. The summed E-state index contributed by atoms with van der Waals surface area (Å²) in [4.78, 5) is 12.3. The highest BCUT2D eigenvalue weighted by atomic mass is 32.2. The van der Waals surface area contributed by atoms with Crippen LogP contribution >= 0.6 is 0 Å². The summed E-state index contributed by atoms with van der Waals surface area (Å²) in [7, 11) is -2.85. The summed E-state index contributed by atoms with van der Waals surface area (Å²) >= 11 is 0. The number of nitrogens with one attached hydrogen (secondary N) is 2. The number of fused-ring (bicyclic) bond motifs is 1. The fraction of sp³-hybridized carbons (Fsp3) is 0.929. The Bertz CT molecular complexity index is 449. The Morgan fingerprint density at radius 1 is 1.05 bits per heavy atom. The Morgan fingerprint density at radius 2 is 1.75 bits per heavy atom. The van der Waals surface area contributed by atoms with Crippen molar-refractivity contribution in [2.24, 2.45) is 5.92 Å². The molecule has 3 atom stereocenters. The van der Waals surface area contributed by atoms with E-state index < -0.39 is 9.84 Å². The molecule has 0 unspecified atom stereocenters. The molecule has 0 radical (unpaired) electrons. The van der Waals surface area contributed by atoms with E-state index in [1.165, 1.54) is 25.7 Å². The molecule has 114 valence electrons. The summed E-state index contributed by atoms with van der Waals surface area (Å²) < 4.78 is 22.8. The average molecular weight is 300 g/mol. The molecule has 0 aromatic rings. The van der Waals surface area contributed by atoms with Gasteiger partial charge in [0.2, 0.25) is 5.91 Å². The Balaban J connectivity index is 1.50. The van der Waals surface area contributed by atoms with Crippen molar-refractivity contribution in [3.05, 3.63) is 0 Å². The van der Waals surface area contributed by atoms with Crippen molar-refractivity contribution in [3.63, 3.8) is 0 Å². The first kappa shape index (κ1) is 14.3. The smallest absolute Gasteiger partial charge is 0.237 e. The number of carbonyl (C=O) groups excluding carboxylic acids is 1. The molecule has 1 amide bonds. The van der Waals surface area contributed by atoms with Crippen molar-refractivity contribution >= 4 is 15.7 Å². The quantitative estimate of drug-likeness (QED) is 0.783. The predicted octanol–water partition coefficient (Wildman–Crippen LogP) is 0.600. The van der Waals surface area contributed by atoms with Crippen molar-refractivity contribution in [2.45, 2.75) is 63.1 Å². The van der Waals surface area contributed by atoms with Gasteiger partial charge in [-0.2, -0.15) is 0 Å². The molecule has 0 aromatic carbocycles. The third-order valence-corrected chi connectivity index (χ3v) is 6.80. The lowest BCUT2D eigenvalue weighted by Crippen LogP contribution is -2.48. The van der Waals surface area contributed by atoms with Gasteiger partial charge in [-0.1, -0.05) is 12.8 Å². The van der Waals surface area contributed by atoms with Crippen LogP contribution < -0.4 is 10.6 Å². The largest absolute Gasteiger partial charge is 0.352 e. The SMILES string of the molecule is O=C(NC1CCS(=O)(=O)CC1)[C@@H]1C[C@H]2CCCC[C@H]2N1. The number of amides is 1. The molecular formula is C14H24N2O3S. The summed E-state index contributed by atoms with van der Waals surface area (Å²) in [5.41, 5.74) is 0. The zero-order chi connectivity index (χ0) is 14.2. The van der Waals surface area contributed by atoms with Gasteiger partial charge in [0.15, 0.2) is 0 Å². The van der Waals surface area contributed by atoms with E-state index in [1.54, 1.807) is 0 Å². The third-order valence-electron chi connectivity index (χ3n) is 5.08. The summed E-state index contributed by atoms with van der Waals surface area (Å²) in [6.45, 7) is 0. The Kier molecular flexibility index (Phi) is 4.04. The lowest BCUT2D eigenvalue weighted by Gasteiger charge is -2.25. The van der Waals surface area contributed by atoms with Crippen molar-refractivity contribution in [3.8, 4) is 0 Å². The Labute approximate surface area is 120 Å². The van der Waals surface area contributed by atoms with E-state index >= 15 is 0 Å². The van der Waals surface area contributed by atoms with Crippen LogP contribution in [0.15, 0.2) is 0 Å². The molecule has 1 aliphatic carbocycles. The van der Waals surface area contributed by atoms with Gasteiger partial charge in [-0.25, -0.2) is 8.42 Å². The lowest BCUT2D eigenvalue weighted by molar-refractivity contribution is -0.123. The number of hydrogen-bond donors (Lipinski definition) is 2. The molecule has 1 saturated carbocycles. The minimum Gasteiger partial charge on any atom is -0.352 e. The molecule has 6 heteroatoms. The average Bonchev–Trinajstić information content (AvgIpc) is 2.85. The molecule has 0 aromatic heterocycles. The maximum atomic E-state index is 12.3. The molecule has 3 rings (SSSR count). The van der Waals surface area contributed by atoms with Gasteiger partial charge in [-0.05, 0) is 38.0 Å². The van der Waals surface area contributed by atoms with Gasteiger partial charge in [0, 0.05) is 12.1 Å². The molecule has 5 nitrogen and oxygen atoms in total. The maximum absolute atomic E-state index is 12.3. The van der Waals surface area contributed by atoms with E-state index in [2.05, 4.69) is 10.6 Å². The molecule has 2 heterocycles. The zero-order valence-electron chi connectivity index (χ0n) is 11.8. The summed E-state index contributed by atoms with van der Waals surface area (Å²) in [6, 6.07) is 0.489. The number of hydrogen-bond acceptors (Lipinski definition) is 4. The van der Waals surface area contributed by atoms with Gasteiger partial charge >= 0.3 is 0 Å². The summed E-state index contributed by atoms with van der Waals surface area (Å²) in [5, 5.41) is 6.51. The minimum atomic E-state index is -2.85. The van der Waals surface area contributed by atoms with Crippen LogP contribution in [0.25, 0.3) is 0 Å². The molecule has 2 aliphatic heterocycles. The van der Waals surface area contributed by atoms with E-state index in [1.807, 2.05) is 0 Å². The second-order valence-electron chi connectivity index (χ2n) is 6.54. The fourth-order valence-electron chi connectivity index (χ4n) is 3.86. The van der Waals surface area contributed by atoms with Gasteiger partial charge in [-0.3, -0.25) is 4.79 Å². The molecule has 3 fully saturated rings. The second-order valence-corrected chi connectivity index (χ2v) is 8.84. The van der Waals surface area contributed by atoms with Crippen LogP contribution in [-0.4, -0.2) is 44.0 Å². The van der Waals surface area contributed by atoms with Crippen LogP contribution in [0.3, 0.4) is 0 Å². The minimum absolute atomic E-state index is 0.0375. The highest BCUT2D eigenvalue weighted by molar-refractivity contribution is 7.91. The van der Waals surface area contributed by atoms with Gasteiger partial charge in [-0.15, -0.1) is 0 Å². The fourth-order valence-corrected chi connectivity index (χ4v) is 5.35. The first-order valence-corrected chi connectivity index (χ1v) is 9.62. The van der Waals surface area contributed by atoms with Crippen molar-refractivity contribution in [1.82, 2.24) is 10.6 Å². The van der Waals surface area contributed by atoms with Crippen molar-refractivity contribution < 1.29 is 13.2 Å². The van der Waals surface area contributed by atoms with Crippen LogP contribution in [0.4, 0.5) is 0 Å². The standard InChI is InChI=1S/C14H24N2O3S/c17-14(15-11-5-7-20(18,19)8-6-11)13-9-10-3-1-2-4-12(10)16-13/h10-13,16H,1-9H2,(H,15,17)/t10-,12-,13+/m1/s1. The first-order valence-electron chi connectivity index (χ1n) is 7.80. The molecule has 3 aliphatic rings. The van der Waals surface area contributed by atoms with Crippen molar-refractivity contribution in [1.29, 1.82) is 0 Å². The van der Waals surface area contributed by atoms with Crippen LogP contribution in [0.1, 0.15) is 44.9 Å². The van der Waals surface area contributed by atoms with Gasteiger partial charge < -0.3 is 10.6 Å². The van der Waals surface area contributed by atoms with Crippen LogP contribution in [-0.2, 0) is 14.6 Å². The summed E-state index contributed by atoms with van der Waals surface area (Å²) in [5.74, 6) is 1.15. The third kappa shape index (κ3) is 3.17. The van der Waals surface area contributed by atoms with Gasteiger partial charge in [0.05, 0.1) is 17.5 Å². The molecule has 20 heavy (non-hydrogen) atoms. The number of sulfone groups is 1. The Hall–Kier alpha value is -0.620. The van der Waals surface area contributed by atoms with E-state index in [-0.39, 0.29) is 29.5 Å². The number of rotatable bonds is 2. The van der Waals surface area contributed by atoms with E-state index in [9.17, 15) is 13.2 Å². The molecule has 2 saturated heterocycles. The topological polar surface area (TPSA) is 75.3 Å². The highest BCUT2D eigenvalue weighted by Gasteiger charge is 2.38. The zero-order valence-corrected chi connectivity index (χ0v) is 12.6. The second kappa shape index (κ2) is 5.64. The highest BCUT2D eigenvalue weighted by Crippen LogP contribution is 2.33. The number of carbonyl (C=O) groups is 1. The van der Waals surface area contributed by atoms with E-state index in [0.717, 1.165) is 6.42 Å². The maximum Gasteiger partial charge on any atom is 0.237 e. The van der Waals surface area contributed by atoms with Crippen molar-refractivity contribution in [2.75, 3.05) is 11.5 Å². The monoisotopic (exact) mass is 300 g/mol. The summed E-state index contributed by atoms with van der Waals surface area (Å²) in [6.07, 6.45) is 7.06. The van der Waals surface area contributed by atoms with Crippen LogP contribution in [0.2, 0.25) is 0 Å². The predicted molar refractivity (Wildman–Crippen MR) is 77.1 cm³/mol. The molecule has 0 spiro atoms. The van der Waals surface area contributed by atoms with Crippen LogP contribution in [0, 0.1) is 5.92 Å².